The van der Waals surface area contributed by atoms with Crippen molar-refractivity contribution in [2.45, 2.75) is 110 Å². The van der Waals surface area contributed by atoms with E-state index in [1.54, 1.807) is 23.5 Å². The van der Waals surface area contributed by atoms with Crippen molar-refractivity contribution in [1.82, 2.24) is 0 Å². The molecule has 0 aromatic heterocycles. The van der Waals surface area contributed by atoms with Crippen LogP contribution in [0.4, 0.5) is 5.69 Å². The van der Waals surface area contributed by atoms with Gasteiger partial charge >= 0.3 is 0 Å². The fraction of sp³-hybridized carbons (Fsp3) is 0.359. The Morgan fingerprint density at radius 3 is 1.16 bits per heavy atom. The van der Waals surface area contributed by atoms with Crippen LogP contribution in [0.3, 0.4) is 0 Å². The molecule has 0 spiro atoms. The highest BCUT2D eigenvalue weighted by atomic mass is 32.2. The van der Waals surface area contributed by atoms with Gasteiger partial charge in [-0.2, -0.15) is 0 Å². The van der Waals surface area contributed by atoms with Gasteiger partial charge in [0.2, 0.25) is 0 Å². The smallest absolute Gasteiger partial charge is 0.173 e. The molecule has 50 heavy (non-hydrogen) atoms. The molecule has 4 rings (SSSR count). The van der Waals surface area contributed by atoms with E-state index in [4.69, 9.17) is 13.4 Å². The molecule has 0 fully saturated rings. The molecule has 0 amide bonds. The third-order valence-electron chi connectivity index (χ3n) is 7.51. The van der Waals surface area contributed by atoms with Crippen LogP contribution in [-0.2, 0) is 21.1 Å². The van der Waals surface area contributed by atoms with E-state index in [1.165, 1.54) is 27.0 Å². The summed E-state index contributed by atoms with van der Waals surface area (Å²) in [6.07, 6.45) is 3.05. The maximum absolute atomic E-state index is 10.7. The lowest BCUT2D eigenvalue weighted by molar-refractivity contribution is 0.112. The van der Waals surface area contributed by atoms with Gasteiger partial charge in [-0.05, 0) is 162 Å². The van der Waals surface area contributed by atoms with Crippen LogP contribution in [0.1, 0.15) is 21.5 Å². The molecule has 2 N–H and O–H groups in total. The van der Waals surface area contributed by atoms with Crippen LogP contribution in [-0.4, -0.2) is 44.8 Å². The molecule has 0 atom stereocenters. The monoisotopic (exact) mass is 779 g/mol. The Morgan fingerprint density at radius 1 is 0.540 bits per heavy atom. The summed E-state index contributed by atoms with van der Waals surface area (Å²) >= 11 is 3.45. The normalized spacial score (nSPS) is 12.2. The van der Waals surface area contributed by atoms with Crippen molar-refractivity contribution in [3.63, 3.8) is 0 Å². The molecular formula is C39H57NO4S2Si4. The minimum Gasteiger partial charge on any atom is -0.456 e. The third kappa shape index (κ3) is 16.9. The van der Waals surface area contributed by atoms with E-state index in [0.29, 0.717) is 11.3 Å². The average Bonchev–Trinajstić information content (AvgIpc) is 3.03. The SMILES string of the molecule is C[Si](C)(C)O[Si](C)(C)CCc1ccc(Sc2ccc(C=O)cc2)cc1.C[Si](C)(C)O[Si](C)(C)CCc1ccc(Sc2ccc(NO)cc2)cc1. The molecule has 5 nitrogen and oxygen atoms in total. The Morgan fingerprint density at radius 2 is 0.860 bits per heavy atom. The van der Waals surface area contributed by atoms with Crippen LogP contribution in [0.25, 0.3) is 0 Å². The van der Waals surface area contributed by atoms with Gasteiger partial charge < -0.3 is 8.23 Å². The molecule has 0 bridgehead atoms. The van der Waals surface area contributed by atoms with Crippen molar-refractivity contribution in [3.05, 3.63) is 114 Å². The first-order valence-electron chi connectivity index (χ1n) is 17.3. The summed E-state index contributed by atoms with van der Waals surface area (Å²) in [6.45, 7) is 23.0. The van der Waals surface area contributed by atoms with Gasteiger partial charge in [-0.1, -0.05) is 59.9 Å². The standard InChI is InChI=1S/C20H28O2SSi2.C19H29NO2SSi2/c1-24(2,3)22-25(4,5)15-14-17-6-10-19(11-7-17)23-20-12-8-18(16-21)9-13-20;1-24(2,3)22-25(4,5)15-14-16-6-10-18(11-7-16)23-19-12-8-17(20-21)9-13-19/h6-13,16H,14-15H2,1-5H3;6-13,20-21H,14-15H2,1-5H3. The first kappa shape index (κ1) is 42.2. The maximum Gasteiger partial charge on any atom is 0.173 e. The molecule has 0 saturated carbocycles. The van der Waals surface area contributed by atoms with Gasteiger partial charge in [0, 0.05) is 25.1 Å². The predicted octanol–water partition coefficient (Wildman–Crippen LogP) is 12.5. The second-order valence-electron chi connectivity index (χ2n) is 15.8. The molecule has 0 unspecified atom stereocenters. The summed E-state index contributed by atoms with van der Waals surface area (Å²) in [5.41, 5.74) is 6.32. The number of carbonyl (C=O) groups excluding carboxylic acids is 1. The van der Waals surface area contributed by atoms with E-state index >= 15 is 0 Å². The highest BCUT2D eigenvalue weighted by molar-refractivity contribution is 7.99. The summed E-state index contributed by atoms with van der Waals surface area (Å²) < 4.78 is 12.8. The molecule has 0 radical (unpaired) electrons. The van der Waals surface area contributed by atoms with Crippen molar-refractivity contribution in [2.24, 2.45) is 0 Å². The number of aryl methyl sites for hydroxylation is 2. The molecule has 11 heteroatoms. The van der Waals surface area contributed by atoms with E-state index in [2.05, 4.69) is 119 Å². The average molecular weight is 780 g/mol. The Kier molecular flexibility index (Phi) is 16.1. The minimum atomic E-state index is -1.58. The lowest BCUT2D eigenvalue weighted by atomic mass is 10.2. The molecule has 0 aliphatic heterocycles. The fourth-order valence-corrected chi connectivity index (χ4v) is 23.1. The van der Waals surface area contributed by atoms with Crippen LogP contribution in [0.15, 0.2) is 117 Å². The van der Waals surface area contributed by atoms with Crippen LogP contribution in [0.2, 0.25) is 77.6 Å². The first-order chi connectivity index (χ1) is 23.3. The van der Waals surface area contributed by atoms with E-state index in [1.807, 2.05) is 48.5 Å². The molecule has 4 aromatic rings. The van der Waals surface area contributed by atoms with E-state index < -0.39 is 33.3 Å². The molecule has 0 saturated heterocycles. The van der Waals surface area contributed by atoms with Gasteiger partial charge in [-0.25, -0.2) is 0 Å². The highest BCUT2D eigenvalue weighted by Crippen LogP contribution is 2.30. The highest BCUT2D eigenvalue weighted by Gasteiger charge is 2.30. The van der Waals surface area contributed by atoms with Crippen LogP contribution in [0, 0.1) is 0 Å². The van der Waals surface area contributed by atoms with Gasteiger partial charge in [0.05, 0.1) is 5.69 Å². The van der Waals surface area contributed by atoms with Crippen molar-refractivity contribution in [1.29, 1.82) is 0 Å². The van der Waals surface area contributed by atoms with Crippen molar-refractivity contribution in [3.8, 4) is 0 Å². The predicted molar refractivity (Wildman–Crippen MR) is 226 cm³/mol. The van der Waals surface area contributed by atoms with Gasteiger partial charge in [-0.3, -0.25) is 15.5 Å². The zero-order valence-electron chi connectivity index (χ0n) is 31.6. The fourth-order valence-electron chi connectivity index (χ4n) is 5.58. The summed E-state index contributed by atoms with van der Waals surface area (Å²) in [5, 5.41) is 8.86. The number of rotatable bonds is 16. The van der Waals surface area contributed by atoms with E-state index in [9.17, 15) is 4.79 Å². The summed E-state index contributed by atoms with van der Waals surface area (Å²) in [6, 6.07) is 35.4. The van der Waals surface area contributed by atoms with Gasteiger partial charge in [0.1, 0.15) is 6.29 Å². The topological polar surface area (TPSA) is 67.8 Å². The quantitative estimate of drug-likeness (QED) is 0.0667. The number of benzene rings is 4. The number of nitrogens with one attached hydrogen (secondary N) is 1. The zero-order chi connectivity index (χ0) is 37.0. The molecular weight excluding hydrogens is 723 g/mol. The molecule has 4 aromatic carbocycles. The Balaban J connectivity index is 0.000000270. The second kappa shape index (κ2) is 19.0. The molecule has 0 aliphatic carbocycles. The Labute approximate surface area is 314 Å². The van der Waals surface area contributed by atoms with Crippen molar-refractivity contribution < 1.29 is 18.2 Å². The molecule has 0 aliphatic rings. The lowest BCUT2D eigenvalue weighted by Gasteiger charge is -2.31. The Bertz CT molecular complexity index is 1600. The van der Waals surface area contributed by atoms with E-state index in [-0.39, 0.29) is 0 Å². The number of aldehydes is 1. The minimum absolute atomic E-state index is 0.701. The number of carbonyl (C=O) groups is 1. The third-order valence-corrected chi connectivity index (χ3v) is 21.8. The van der Waals surface area contributed by atoms with Crippen LogP contribution >= 0.6 is 23.5 Å². The lowest BCUT2D eigenvalue weighted by Crippen LogP contribution is -2.42. The summed E-state index contributed by atoms with van der Waals surface area (Å²) in [5.74, 6) is 0. The Hall–Kier alpha value is -2.20. The summed E-state index contributed by atoms with van der Waals surface area (Å²) in [4.78, 5) is 15.5. The van der Waals surface area contributed by atoms with E-state index in [0.717, 1.165) is 35.0 Å². The summed E-state index contributed by atoms with van der Waals surface area (Å²) in [7, 11) is -6.06. The van der Waals surface area contributed by atoms with Crippen LogP contribution < -0.4 is 5.48 Å². The largest absolute Gasteiger partial charge is 0.456 e. The van der Waals surface area contributed by atoms with Gasteiger partial charge in [-0.15, -0.1) is 0 Å². The number of hydrogen-bond acceptors (Lipinski definition) is 7. The first-order valence-corrected chi connectivity index (χ1v) is 32.0. The second-order valence-corrected chi connectivity index (χ2v) is 36.2. The maximum atomic E-state index is 10.7. The van der Waals surface area contributed by atoms with Crippen molar-refractivity contribution in [2.75, 3.05) is 5.48 Å². The van der Waals surface area contributed by atoms with Gasteiger partial charge in [0.15, 0.2) is 33.3 Å². The van der Waals surface area contributed by atoms with Crippen LogP contribution in [0.5, 0.6) is 0 Å². The zero-order valence-corrected chi connectivity index (χ0v) is 37.3. The molecule has 270 valence electrons. The number of anilines is 1. The molecule has 0 heterocycles. The van der Waals surface area contributed by atoms with Crippen molar-refractivity contribution >= 4 is 68.8 Å². The van der Waals surface area contributed by atoms with Gasteiger partial charge in [0.25, 0.3) is 0 Å². The number of hydrogen-bond donors (Lipinski definition) is 2.